The van der Waals surface area contributed by atoms with Crippen molar-refractivity contribution in [3.8, 4) is 5.75 Å². The number of anilines is 1. The van der Waals surface area contributed by atoms with E-state index in [1.165, 1.54) is 13.0 Å². The summed E-state index contributed by atoms with van der Waals surface area (Å²) in [6.45, 7) is 1.29. The number of fused-ring (bicyclic) bond motifs is 1. The zero-order valence-electron chi connectivity index (χ0n) is 17.5. The molecule has 0 aliphatic heterocycles. The SMILES string of the molecule is CC(=O)Oc1c(Cl)nc(Cc2ccc(NC(=O)/C=C/c3ccc(Cl)cc3)cc2)n2ccnc12. The average Bonchev–Trinajstić information content (AvgIpc) is 3.27. The van der Waals surface area contributed by atoms with Crippen molar-refractivity contribution in [3.63, 3.8) is 0 Å². The van der Waals surface area contributed by atoms with E-state index in [0.29, 0.717) is 28.6 Å². The number of carbonyl (C=O) groups excluding carboxylic acids is 2. The van der Waals surface area contributed by atoms with Crippen molar-refractivity contribution in [1.82, 2.24) is 14.4 Å². The number of amides is 1. The summed E-state index contributed by atoms with van der Waals surface area (Å²) in [6, 6.07) is 14.6. The Labute approximate surface area is 199 Å². The molecular weight excluding hydrogens is 463 g/mol. The highest BCUT2D eigenvalue weighted by molar-refractivity contribution is 6.31. The summed E-state index contributed by atoms with van der Waals surface area (Å²) in [5.41, 5.74) is 2.90. The summed E-state index contributed by atoms with van der Waals surface area (Å²) in [5.74, 6) is 0.0121. The number of benzene rings is 2. The number of esters is 1. The summed E-state index contributed by atoms with van der Waals surface area (Å²) < 4.78 is 6.88. The zero-order valence-corrected chi connectivity index (χ0v) is 19.0. The summed E-state index contributed by atoms with van der Waals surface area (Å²) in [4.78, 5) is 32.2. The van der Waals surface area contributed by atoms with Gasteiger partial charge in [0.25, 0.3) is 0 Å². The van der Waals surface area contributed by atoms with Gasteiger partial charge in [-0.3, -0.25) is 14.0 Å². The third-order valence-corrected chi connectivity index (χ3v) is 5.17. The van der Waals surface area contributed by atoms with Crippen LogP contribution in [0.25, 0.3) is 11.7 Å². The van der Waals surface area contributed by atoms with E-state index in [1.807, 2.05) is 36.4 Å². The Morgan fingerprint density at radius 1 is 1.09 bits per heavy atom. The number of halogens is 2. The van der Waals surface area contributed by atoms with Crippen molar-refractivity contribution in [2.75, 3.05) is 5.32 Å². The molecule has 33 heavy (non-hydrogen) atoms. The number of imidazole rings is 1. The fraction of sp³-hybridized carbons (Fsp3) is 0.0833. The molecular formula is C24H18Cl2N4O3. The van der Waals surface area contributed by atoms with E-state index >= 15 is 0 Å². The predicted octanol–water partition coefficient (Wildman–Crippen LogP) is 5.20. The largest absolute Gasteiger partial charge is 0.419 e. The van der Waals surface area contributed by atoms with E-state index in [2.05, 4.69) is 15.3 Å². The van der Waals surface area contributed by atoms with Crippen LogP contribution in [0.3, 0.4) is 0 Å². The van der Waals surface area contributed by atoms with Gasteiger partial charge in [0.05, 0.1) is 0 Å². The van der Waals surface area contributed by atoms with Crippen LogP contribution < -0.4 is 10.1 Å². The zero-order chi connectivity index (χ0) is 23.4. The number of ether oxygens (including phenoxy) is 1. The van der Waals surface area contributed by atoms with E-state index in [0.717, 1.165) is 11.1 Å². The maximum Gasteiger partial charge on any atom is 0.308 e. The molecule has 0 bridgehead atoms. The van der Waals surface area contributed by atoms with E-state index in [-0.39, 0.29) is 16.8 Å². The fourth-order valence-electron chi connectivity index (χ4n) is 3.16. The fourth-order valence-corrected chi connectivity index (χ4v) is 3.51. The molecule has 2 aromatic heterocycles. The highest BCUT2D eigenvalue weighted by Gasteiger charge is 2.17. The number of aromatic nitrogens is 3. The van der Waals surface area contributed by atoms with Gasteiger partial charge in [-0.2, -0.15) is 0 Å². The third kappa shape index (κ3) is 5.58. The lowest BCUT2D eigenvalue weighted by atomic mass is 10.1. The van der Waals surface area contributed by atoms with E-state index in [9.17, 15) is 9.59 Å². The first-order valence-corrected chi connectivity index (χ1v) is 10.7. The van der Waals surface area contributed by atoms with Gasteiger partial charge in [-0.15, -0.1) is 0 Å². The summed E-state index contributed by atoms with van der Waals surface area (Å²) in [6.07, 6.45) is 6.94. The molecule has 9 heteroatoms. The van der Waals surface area contributed by atoms with Gasteiger partial charge in [0.2, 0.25) is 11.7 Å². The van der Waals surface area contributed by atoms with E-state index < -0.39 is 5.97 Å². The minimum Gasteiger partial charge on any atom is -0.419 e. The first-order chi connectivity index (χ1) is 15.9. The van der Waals surface area contributed by atoms with Crippen molar-refractivity contribution in [2.45, 2.75) is 13.3 Å². The quantitative estimate of drug-likeness (QED) is 0.232. The van der Waals surface area contributed by atoms with Crippen LogP contribution in [-0.2, 0) is 16.0 Å². The number of rotatable bonds is 6. The molecule has 4 rings (SSSR count). The van der Waals surface area contributed by atoms with E-state index in [4.69, 9.17) is 27.9 Å². The molecule has 166 valence electrons. The molecule has 7 nitrogen and oxygen atoms in total. The normalized spacial score (nSPS) is 11.1. The molecule has 1 N–H and O–H groups in total. The monoisotopic (exact) mass is 480 g/mol. The van der Waals surface area contributed by atoms with Crippen LogP contribution in [0.1, 0.15) is 23.9 Å². The molecule has 0 aliphatic rings. The predicted molar refractivity (Wildman–Crippen MR) is 128 cm³/mol. The minimum absolute atomic E-state index is 0.0651. The van der Waals surface area contributed by atoms with Gasteiger partial charge >= 0.3 is 5.97 Å². The molecule has 0 aliphatic carbocycles. The van der Waals surface area contributed by atoms with Crippen molar-refractivity contribution >= 4 is 52.5 Å². The molecule has 0 saturated heterocycles. The van der Waals surface area contributed by atoms with Gasteiger partial charge < -0.3 is 10.1 Å². The van der Waals surface area contributed by atoms with Gasteiger partial charge in [-0.05, 0) is 41.5 Å². The Kier molecular flexibility index (Phi) is 6.72. The first kappa shape index (κ1) is 22.5. The number of carbonyl (C=O) groups is 2. The van der Waals surface area contributed by atoms with Crippen molar-refractivity contribution in [2.24, 2.45) is 0 Å². The molecule has 1 amide bonds. The first-order valence-electron chi connectivity index (χ1n) is 9.92. The molecule has 4 aromatic rings. The van der Waals surface area contributed by atoms with Gasteiger partial charge in [-0.25, -0.2) is 9.97 Å². The smallest absolute Gasteiger partial charge is 0.308 e. The molecule has 0 atom stereocenters. The number of hydrogen-bond acceptors (Lipinski definition) is 5. The van der Waals surface area contributed by atoms with Crippen LogP contribution in [0.4, 0.5) is 5.69 Å². The van der Waals surface area contributed by atoms with Crippen LogP contribution in [0.5, 0.6) is 5.75 Å². The van der Waals surface area contributed by atoms with Gasteiger partial charge in [-0.1, -0.05) is 47.5 Å². The Hall–Kier alpha value is -3.68. The number of nitrogens with one attached hydrogen (secondary N) is 1. The van der Waals surface area contributed by atoms with Crippen molar-refractivity contribution < 1.29 is 14.3 Å². The molecule has 0 saturated carbocycles. The highest BCUT2D eigenvalue weighted by Crippen LogP contribution is 2.28. The average molecular weight is 481 g/mol. The standard InChI is InChI=1S/C24H18Cl2N4O3/c1-15(31)33-22-23(26)29-20(30-13-12-27-24(22)30)14-17-4-9-19(10-5-17)28-21(32)11-6-16-2-7-18(25)8-3-16/h2-13H,14H2,1H3,(H,28,32)/b11-6+. The number of hydrogen-bond donors (Lipinski definition) is 1. The lowest BCUT2D eigenvalue weighted by molar-refractivity contribution is -0.131. The summed E-state index contributed by atoms with van der Waals surface area (Å²) >= 11 is 12.1. The number of nitrogens with zero attached hydrogens (tertiary/aromatic N) is 3. The lowest BCUT2D eigenvalue weighted by Crippen LogP contribution is -2.09. The maximum atomic E-state index is 12.2. The lowest BCUT2D eigenvalue weighted by Gasteiger charge is -2.10. The molecule has 2 aromatic carbocycles. The topological polar surface area (TPSA) is 85.6 Å². The second-order valence-corrected chi connectivity index (χ2v) is 7.90. The molecule has 2 heterocycles. The van der Waals surface area contributed by atoms with Crippen molar-refractivity contribution in [1.29, 1.82) is 0 Å². The van der Waals surface area contributed by atoms with Crippen LogP contribution in [-0.4, -0.2) is 26.2 Å². The highest BCUT2D eigenvalue weighted by atomic mass is 35.5. The Morgan fingerprint density at radius 2 is 1.82 bits per heavy atom. The van der Waals surface area contributed by atoms with Crippen LogP contribution in [0.15, 0.2) is 67.0 Å². The molecule has 0 fully saturated rings. The minimum atomic E-state index is -0.503. The van der Waals surface area contributed by atoms with E-state index in [1.54, 1.807) is 35.0 Å². The Morgan fingerprint density at radius 3 is 2.52 bits per heavy atom. The second kappa shape index (κ2) is 9.85. The van der Waals surface area contributed by atoms with Gasteiger partial charge in [0, 0.05) is 42.5 Å². The molecule has 0 unspecified atom stereocenters. The van der Waals surface area contributed by atoms with Crippen LogP contribution in [0, 0.1) is 0 Å². The third-order valence-electron chi connectivity index (χ3n) is 4.66. The van der Waals surface area contributed by atoms with Crippen LogP contribution in [0.2, 0.25) is 10.2 Å². The molecule has 0 radical (unpaired) electrons. The summed E-state index contributed by atoms with van der Waals surface area (Å²) in [5, 5.41) is 3.53. The van der Waals surface area contributed by atoms with Gasteiger partial charge in [0.15, 0.2) is 10.8 Å². The van der Waals surface area contributed by atoms with Crippen molar-refractivity contribution in [3.05, 3.63) is 94.1 Å². The van der Waals surface area contributed by atoms with Crippen LogP contribution >= 0.6 is 23.2 Å². The molecule has 0 spiro atoms. The maximum absolute atomic E-state index is 12.2. The Balaban J connectivity index is 1.45. The van der Waals surface area contributed by atoms with Gasteiger partial charge in [0.1, 0.15) is 5.82 Å². The summed E-state index contributed by atoms with van der Waals surface area (Å²) in [7, 11) is 0. The Bertz CT molecular complexity index is 1350. The second-order valence-electron chi connectivity index (χ2n) is 7.11.